The molecule has 0 heterocycles. The summed E-state index contributed by atoms with van der Waals surface area (Å²) in [6, 6.07) is 4.69. The van der Waals surface area contributed by atoms with Crippen LogP contribution in [0.1, 0.15) is 12.5 Å². The van der Waals surface area contributed by atoms with Crippen LogP contribution in [-0.4, -0.2) is 24.3 Å². The third kappa shape index (κ3) is 2.87. The van der Waals surface area contributed by atoms with Crippen molar-refractivity contribution in [3.05, 3.63) is 23.8 Å². The van der Waals surface area contributed by atoms with Gasteiger partial charge >= 0.3 is 5.97 Å². The highest BCUT2D eigenvalue weighted by atomic mass is 16.6. The van der Waals surface area contributed by atoms with Gasteiger partial charge in [-0.05, 0) is 37.6 Å². The quantitative estimate of drug-likeness (QED) is 0.770. The van der Waals surface area contributed by atoms with Crippen molar-refractivity contribution < 1.29 is 19.4 Å². The van der Waals surface area contributed by atoms with E-state index in [2.05, 4.69) is 4.74 Å². The van der Waals surface area contributed by atoms with Crippen molar-refractivity contribution in [2.75, 3.05) is 7.11 Å². The number of carbonyl (C=O) groups is 1. The fourth-order valence-electron chi connectivity index (χ4n) is 1.17. The molecule has 0 amide bonds. The van der Waals surface area contributed by atoms with Crippen LogP contribution in [0.25, 0.3) is 0 Å². The van der Waals surface area contributed by atoms with Crippen LogP contribution in [0.4, 0.5) is 0 Å². The molecule has 0 aromatic heterocycles. The van der Waals surface area contributed by atoms with Crippen LogP contribution in [0.3, 0.4) is 0 Å². The van der Waals surface area contributed by atoms with E-state index in [0.29, 0.717) is 5.75 Å². The van der Waals surface area contributed by atoms with Crippen LogP contribution in [0.15, 0.2) is 18.2 Å². The zero-order valence-electron chi connectivity index (χ0n) is 8.98. The number of phenolic OH excluding ortho intramolecular Hbond substituents is 1. The Morgan fingerprint density at radius 3 is 2.67 bits per heavy atom. The van der Waals surface area contributed by atoms with Crippen LogP contribution < -0.4 is 4.74 Å². The molecule has 0 saturated heterocycles. The van der Waals surface area contributed by atoms with Gasteiger partial charge in [0.05, 0.1) is 7.11 Å². The molecule has 0 aliphatic carbocycles. The van der Waals surface area contributed by atoms with E-state index in [0.717, 1.165) is 5.56 Å². The molecule has 1 unspecified atom stereocenters. The molecule has 1 aromatic carbocycles. The summed E-state index contributed by atoms with van der Waals surface area (Å²) in [6.07, 6.45) is -0.654. The minimum atomic E-state index is -0.654. The van der Waals surface area contributed by atoms with Gasteiger partial charge < -0.3 is 14.6 Å². The van der Waals surface area contributed by atoms with E-state index < -0.39 is 12.1 Å². The summed E-state index contributed by atoms with van der Waals surface area (Å²) < 4.78 is 9.90. The minimum absolute atomic E-state index is 0.172. The van der Waals surface area contributed by atoms with Gasteiger partial charge in [0.2, 0.25) is 0 Å². The Bertz CT molecular complexity index is 360. The fraction of sp³-hybridized carbons (Fsp3) is 0.364. The van der Waals surface area contributed by atoms with Crippen molar-refractivity contribution in [2.24, 2.45) is 0 Å². The zero-order chi connectivity index (χ0) is 11.4. The predicted octanol–water partition coefficient (Wildman–Crippen LogP) is 1.64. The Hall–Kier alpha value is -1.71. The minimum Gasteiger partial charge on any atom is -0.508 e. The monoisotopic (exact) mass is 210 g/mol. The lowest BCUT2D eigenvalue weighted by atomic mass is 10.2. The summed E-state index contributed by atoms with van der Waals surface area (Å²) in [6.45, 7) is 3.40. The summed E-state index contributed by atoms with van der Waals surface area (Å²) in [5, 5.41) is 9.18. The van der Waals surface area contributed by atoms with Crippen molar-refractivity contribution >= 4 is 5.97 Å². The first kappa shape index (κ1) is 11.4. The van der Waals surface area contributed by atoms with E-state index in [1.807, 2.05) is 0 Å². The van der Waals surface area contributed by atoms with Gasteiger partial charge in [-0.3, -0.25) is 0 Å². The maximum atomic E-state index is 11.1. The number of phenols is 1. The second-order valence-electron chi connectivity index (χ2n) is 3.23. The summed E-state index contributed by atoms with van der Waals surface area (Å²) in [4.78, 5) is 11.1. The predicted molar refractivity (Wildman–Crippen MR) is 54.9 cm³/mol. The summed E-state index contributed by atoms with van der Waals surface area (Å²) >= 11 is 0. The first-order chi connectivity index (χ1) is 7.04. The number of hydrogen-bond donors (Lipinski definition) is 1. The van der Waals surface area contributed by atoms with Crippen molar-refractivity contribution in [1.82, 2.24) is 0 Å². The number of ether oxygens (including phenoxy) is 2. The van der Waals surface area contributed by atoms with E-state index in [9.17, 15) is 9.90 Å². The molecule has 82 valence electrons. The number of benzene rings is 1. The summed E-state index contributed by atoms with van der Waals surface area (Å²) in [7, 11) is 1.31. The van der Waals surface area contributed by atoms with Crippen LogP contribution in [-0.2, 0) is 9.53 Å². The van der Waals surface area contributed by atoms with E-state index in [1.165, 1.54) is 13.2 Å². The highest BCUT2D eigenvalue weighted by Gasteiger charge is 2.15. The maximum Gasteiger partial charge on any atom is 0.346 e. The van der Waals surface area contributed by atoms with E-state index in [4.69, 9.17) is 4.74 Å². The Kier molecular flexibility index (Phi) is 3.55. The molecular formula is C11H14O4. The molecular weight excluding hydrogens is 196 g/mol. The normalized spacial score (nSPS) is 11.9. The van der Waals surface area contributed by atoms with Gasteiger partial charge in [0.15, 0.2) is 6.10 Å². The summed E-state index contributed by atoms with van der Waals surface area (Å²) in [5.41, 5.74) is 0.769. The Morgan fingerprint density at radius 1 is 1.47 bits per heavy atom. The molecule has 0 saturated carbocycles. The van der Waals surface area contributed by atoms with Crippen LogP contribution in [0, 0.1) is 6.92 Å². The molecule has 0 aliphatic heterocycles. The Morgan fingerprint density at radius 2 is 2.13 bits per heavy atom. The molecule has 0 bridgehead atoms. The maximum absolute atomic E-state index is 11.1. The topological polar surface area (TPSA) is 55.8 Å². The molecule has 0 radical (unpaired) electrons. The molecule has 1 atom stereocenters. The largest absolute Gasteiger partial charge is 0.508 e. The standard InChI is InChI=1S/C11H14O4/c1-7-6-9(12)4-5-10(7)15-8(2)11(13)14-3/h4-6,8,12H,1-3H3. The lowest BCUT2D eigenvalue weighted by molar-refractivity contribution is -0.147. The average Bonchev–Trinajstić information content (AvgIpc) is 2.20. The molecule has 1 rings (SSSR count). The second kappa shape index (κ2) is 4.68. The zero-order valence-corrected chi connectivity index (χ0v) is 8.98. The number of hydrogen-bond acceptors (Lipinski definition) is 4. The molecule has 1 N–H and O–H groups in total. The van der Waals surface area contributed by atoms with Gasteiger partial charge in [0.25, 0.3) is 0 Å². The van der Waals surface area contributed by atoms with E-state index in [-0.39, 0.29) is 5.75 Å². The molecule has 4 heteroatoms. The van der Waals surface area contributed by atoms with Crippen molar-refractivity contribution in [1.29, 1.82) is 0 Å². The Balaban J connectivity index is 2.76. The Labute approximate surface area is 88.4 Å². The highest BCUT2D eigenvalue weighted by Crippen LogP contribution is 2.23. The van der Waals surface area contributed by atoms with Gasteiger partial charge in [-0.25, -0.2) is 4.79 Å². The number of aromatic hydroxyl groups is 1. The third-order valence-corrected chi connectivity index (χ3v) is 2.00. The number of methoxy groups -OCH3 is 1. The van der Waals surface area contributed by atoms with Gasteiger partial charge in [0, 0.05) is 0 Å². The number of esters is 1. The molecule has 0 spiro atoms. The smallest absolute Gasteiger partial charge is 0.346 e. The van der Waals surface area contributed by atoms with Gasteiger partial charge in [-0.1, -0.05) is 0 Å². The van der Waals surface area contributed by atoms with Crippen molar-refractivity contribution in [3.8, 4) is 11.5 Å². The number of aryl methyl sites for hydroxylation is 1. The third-order valence-electron chi connectivity index (χ3n) is 2.00. The van der Waals surface area contributed by atoms with Crippen LogP contribution in [0.2, 0.25) is 0 Å². The van der Waals surface area contributed by atoms with Gasteiger partial charge in [-0.15, -0.1) is 0 Å². The van der Waals surface area contributed by atoms with Crippen molar-refractivity contribution in [3.63, 3.8) is 0 Å². The summed E-state index contributed by atoms with van der Waals surface area (Å²) in [5.74, 6) is 0.304. The van der Waals surface area contributed by atoms with E-state index in [1.54, 1.807) is 26.0 Å². The molecule has 0 aliphatic rings. The van der Waals surface area contributed by atoms with E-state index >= 15 is 0 Å². The SMILES string of the molecule is COC(=O)C(C)Oc1ccc(O)cc1C. The molecule has 4 nitrogen and oxygen atoms in total. The lowest BCUT2D eigenvalue weighted by Crippen LogP contribution is -2.25. The lowest BCUT2D eigenvalue weighted by Gasteiger charge is -2.14. The van der Waals surface area contributed by atoms with Crippen LogP contribution in [0.5, 0.6) is 11.5 Å². The number of carbonyl (C=O) groups excluding carboxylic acids is 1. The van der Waals surface area contributed by atoms with Gasteiger partial charge in [-0.2, -0.15) is 0 Å². The molecule has 15 heavy (non-hydrogen) atoms. The first-order valence-corrected chi connectivity index (χ1v) is 4.58. The second-order valence-corrected chi connectivity index (χ2v) is 3.23. The molecule has 0 fully saturated rings. The van der Waals surface area contributed by atoms with Crippen LogP contribution >= 0.6 is 0 Å². The number of rotatable bonds is 3. The first-order valence-electron chi connectivity index (χ1n) is 4.58. The van der Waals surface area contributed by atoms with Crippen molar-refractivity contribution in [2.45, 2.75) is 20.0 Å². The fourth-order valence-corrected chi connectivity index (χ4v) is 1.17. The average molecular weight is 210 g/mol. The molecule has 1 aromatic rings. The highest BCUT2D eigenvalue weighted by molar-refractivity contribution is 5.74. The van der Waals surface area contributed by atoms with Gasteiger partial charge in [0.1, 0.15) is 11.5 Å².